The Morgan fingerprint density at radius 1 is 1.03 bits per heavy atom. The van der Waals surface area contributed by atoms with Gasteiger partial charge in [-0.2, -0.15) is 0 Å². The number of hydroxylamine groups is 2. The molecular formula is C26H24ClNO7. The van der Waals surface area contributed by atoms with Crippen molar-refractivity contribution in [3.8, 4) is 11.5 Å². The van der Waals surface area contributed by atoms with Gasteiger partial charge in [0.15, 0.2) is 6.61 Å². The third-order valence-electron chi connectivity index (χ3n) is 5.59. The fourth-order valence-corrected chi connectivity index (χ4v) is 4.23. The van der Waals surface area contributed by atoms with Crippen molar-refractivity contribution in [1.29, 1.82) is 0 Å². The fraction of sp³-hybridized carbons (Fsp3) is 0.231. The molecule has 1 aliphatic rings. The Hall–Kier alpha value is -3.75. The summed E-state index contributed by atoms with van der Waals surface area (Å²) in [5.41, 5.74) is 3.23. The number of ether oxygens (including phenoxy) is 3. The predicted octanol–water partition coefficient (Wildman–Crippen LogP) is 5.03. The second kappa shape index (κ2) is 11.1. The maximum absolute atomic E-state index is 12.7. The lowest BCUT2D eigenvalue weighted by Crippen LogP contribution is -2.38. The first-order valence-electron chi connectivity index (χ1n) is 10.9. The number of rotatable bonds is 8. The lowest BCUT2D eigenvalue weighted by Gasteiger charge is -2.36. The number of carboxylic acid groups (broad SMARTS) is 1. The highest BCUT2D eigenvalue weighted by Crippen LogP contribution is 2.40. The fourth-order valence-electron chi connectivity index (χ4n) is 4.05. The number of carboxylic acids is 1. The quantitative estimate of drug-likeness (QED) is 0.433. The number of halogens is 1. The number of methoxy groups -OCH3 is 1. The van der Waals surface area contributed by atoms with Crippen molar-refractivity contribution in [2.24, 2.45) is 0 Å². The maximum Gasteiger partial charge on any atom is 0.528 e. The zero-order valence-electron chi connectivity index (χ0n) is 19.0. The number of carbonyl (C=O) groups excluding carboxylic acids is 1. The Morgan fingerprint density at radius 3 is 2.60 bits per heavy atom. The molecule has 0 saturated heterocycles. The molecular weight excluding hydrogens is 474 g/mol. The molecule has 35 heavy (non-hydrogen) atoms. The van der Waals surface area contributed by atoms with Crippen molar-refractivity contribution in [3.63, 3.8) is 0 Å². The zero-order chi connectivity index (χ0) is 24.8. The van der Waals surface area contributed by atoms with Gasteiger partial charge >= 0.3 is 12.1 Å². The van der Waals surface area contributed by atoms with Crippen LogP contribution in [-0.2, 0) is 27.4 Å². The summed E-state index contributed by atoms with van der Waals surface area (Å²) in [6, 6.07) is 19.3. The van der Waals surface area contributed by atoms with E-state index in [0.717, 1.165) is 11.1 Å². The van der Waals surface area contributed by atoms with E-state index >= 15 is 0 Å². The molecule has 0 amide bonds. The van der Waals surface area contributed by atoms with Gasteiger partial charge in [0.05, 0.1) is 13.2 Å². The Morgan fingerprint density at radius 2 is 1.80 bits per heavy atom. The number of benzene rings is 3. The lowest BCUT2D eigenvalue weighted by molar-refractivity contribution is -0.152. The standard InChI is InChI=1S/C26H24ClNO7/c1-32-22-9-5-3-7-18(22)15-34-26(31)35-28-13-12-17-6-2-4-8-20(17)25(28)21-14-19(27)10-11-23(21)33-16-24(29)30/h2-11,14,25H,12-13,15-16H2,1H3,(H,29,30)/t25-/m0/s1. The number of para-hydroxylation sites is 1. The summed E-state index contributed by atoms with van der Waals surface area (Å²) in [6.07, 6.45) is -0.242. The van der Waals surface area contributed by atoms with Gasteiger partial charge in [-0.15, -0.1) is 5.06 Å². The Bertz CT molecular complexity index is 1220. The van der Waals surface area contributed by atoms with E-state index in [1.807, 2.05) is 36.4 Å². The van der Waals surface area contributed by atoms with E-state index in [4.69, 9.17) is 35.8 Å². The molecule has 182 valence electrons. The van der Waals surface area contributed by atoms with Crippen molar-refractivity contribution in [2.75, 3.05) is 20.3 Å². The topological polar surface area (TPSA) is 94.5 Å². The highest BCUT2D eigenvalue weighted by molar-refractivity contribution is 6.30. The number of aliphatic carboxylic acids is 1. The minimum atomic E-state index is -1.11. The molecule has 1 N–H and O–H groups in total. The van der Waals surface area contributed by atoms with E-state index in [-0.39, 0.29) is 6.61 Å². The van der Waals surface area contributed by atoms with E-state index in [1.165, 1.54) is 5.06 Å². The van der Waals surface area contributed by atoms with Crippen LogP contribution < -0.4 is 9.47 Å². The van der Waals surface area contributed by atoms with Gasteiger partial charge in [0.2, 0.25) is 0 Å². The average molecular weight is 498 g/mol. The van der Waals surface area contributed by atoms with Crippen molar-refractivity contribution in [1.82, 2.24) is 5.06 Å². The second-order valence-corrected chi connectivity index (χ2v) is 8.23. The van der Waals surface area contributed by atoms with Crippen LogP contribution in [0.3, 0.4) is 0 Å². The highest BCUT2D eigenvalue weighted by atomic mass is 35.5. The minimum absolute atomic E-state index is 0.0257. The molecule has 3 aromatic carbocycles. The van der Waals surface area contributed by atoms with Gasteiger partial charge < -0.3 is 24.2 Å². The van der Waals surface area contributed by atoms with Crippen LogP contribution in [0.2, 0.25) is 5.02 Å². The van der Waals surface area contributed by atoms with Gasteiger partial charge in [0, 0.05) is 22.7 Å². The minimum Gasteiger partial charge on any atom is -0.496 e. The number of nitrogens with zero attached hydrogens (tertiary/aromatic N) is 1. The van der Waals surface area contributed by atoms with Crippen molar-refractivity contribution < 1.29 is 33.7 Å². The zero-order valence-corrected chi connectivity index (χ0v) is 19.7. The van der Waals surface area contributed by atoms with Gasteiger partial charge in [0.25, 0.3) is 0 Å². The Balaban J connectivity index is 1.60. The molecule has 1 aliphatic heterocycles. The SMILES string of the molecule is COc1ccccc1COC(=O)ON1CCc2ccccc2[C@H]1c1cc(Cl)ccc1OCC(=O)O. The summed E-state index contributed by atoms with van der Waals surface area (Å²) in [5.74, 6) is -0.179. The third-order valence-corrected chi connectivity index (χ3v) is 5.82. The first-order chi connectivity index (χ1) is 17.0. The molecule has 0 bridgehead atoms. The smallest absolute Gasteiger partial charge is 0.496 e. The summed E-state index contributed by atoms with van der Waals surface area (Å²) < 4.78 is 16.2. The maximum atomic E-state index is 12.7. The highest BCUT2D eigenvalue weighted by Gasteiger charge is 2.34. The largest absolute Gasteiger partial charge is 0.528 e. The summed E-state index contributed by atoms with van der Waals surface area (Å²) in [6.45, 7) is -0.163. The molecule has 0 unspecified atom stereocenters. The van der Waals surface area contributed by atoms with E-state index in [9.17, 15) is 9.59 Å². The molecule has 0 aliphatic carbocycles. The Kier molecular flexibility index (Phi) is 7.74. The molecule has 1 atom stereocenters. The monoisotopic (exact) mass is 497 g/mol. The first-order valence-corrected chi connectivity index (χ1v) is 11.3. The van der Waals surface area contributed by atoms with Gasteiger partial charge in [-0.3, -0.25) is 0 Å². The van der Waals surface area contributed by atoms with E-state index in [0.29, 0.717) is 40.6 Å². The van der Waals surface area contributed by atoms with Crippen molar-refractivity contribution in [2.45, 2.75) is 19.1 Å². The molecule has 0 aromatic heterocycles. The summed E-state index contributed by atoms with van der Waals surface area (Å²) in [5, 5.41) is 11.0. The van der Waals surface area contributed by atoms with Crippen LogP contribution in [0.4, 0.5) is 4.79 Å². The molecule has 0 fully saturated rings. The molecule has 0 spiro atoms. The second-order valence-electron chi connectivity index (χ2n) is 7.80. The number of hydrogen-bond donors (Lipinski definition) is 1. The van der Waals surface area contributed by atoms with E-state index < -0.39 is 24.8 Å². The molecule has 0 saturated carbocycles. The van der Waals surface area contributed by atoms with Crippen LogP contribution in [0.25, 0.3) is 0 Å². The lowest BCUT2D eigenvalue weighted by atomic mass is 9.89. The predicted molar refractivity (Wildman–Crippen MR) is 128 cm³/mol. The van der Waals surface area contributed by atoms with Crippen LogP contribution in [-0.4, -0.2) is 42.6 Å². The number of fused-ring (bicyclic) bond motifs is 1. The molecule has 8 nitrogen and oxygen atoms in total. The number of hydrogen-bond acceptors (Lipinski definition) is 7. The van der Waals surface area contributed by atoms with Crippen LogP contribution in [0, 0.1) is 0 Å². The van der Waals surface area contributed by atoms with Crippen molar-refractivity contribution >= 4 is 23.7 Å². The molecule has 4 rings (SSSR count). The normalized spacial score (nSPS) is 15.1. The first kappa shape index (κ1) is 24.4. The average Bonchev–Trinajstić information content (AvgIpc) is 2.86. The van der Waals surface area contributed by atoms with Gasteiger partial charge in [-0.1, -0.05) is 54.1 Å². The van der Waals surface area contributed by atoms with Gasteiger partial charge in [-0.05, 0) is 41.8 Å². The van der Waals surface area contributed by atoms with Crippen molar-refractivity contribution in [3.05, 3.63) is 94.0 Å². The summed E-state index contributed by atoms with van der Waals surface area (Å²) >= 11 is 6.29. The number of carbonyl (C=O) groups is 2. The van der Waals surface area contributed by atoms with E-state index in [1.54, 1.807) is 37.4 Å². The summed E-state index contributed by atoms with van der Waals surface area (Å²) in [4.78, 5) is 29.4. The van der Waals surface area contributed by atoms with Crippen LogP contribution in [0.5, 0.6) is 11.5 Å². The van der Waals surface area contributed by atoms with Crippen LogP contribution in [0.15, 0.2) is 66.7 Å². The molecule has 3 aromatic rings. The van der Waals surface area contributed by atoms with Gasteiger partial charge in [-0.25, -0.2) is 9.59 Å². The van der Waals surface area contributed by atoms with E-state index in [2.05, 4.69) is 0 Å². The van der Waals surface area contributed by atoms with Gasteiger partial charge in [0.1, 0.15) is 18.1 Å². The molecule has 9 heteroatoms. The summed E-state index contributed by atoms with van der Waals surface area (Å²) in [7, 11) is 1.54. The third kappa shape index (κ3) is 5.85. The molecule has 0 radical (unpaired) electrons. The molecule has 1 heterocycles. The Labute approximate surface area is 207 Å². The van der Waals surface area contributed by atoms with Crippen LogP contribution in [0.1, 0.15) is 28.3 Å². The van der Waals surface area contributed by atoms with Crippen LogP contribution >= 0.6 is 11.6 Å².